The molecular formula is C38H42N2O9. The number of para-hydroxylation sites is 1. The number of hydrogen-bond donors (Lipinski definition) is 3. The Morgan fingerprint density at radius 3 is 2.41 bits per heavy atom. The lowest BCUT2D eigenvalue weighted by Crippen LogP contribution is -2.59. The molecule has 0 saturated heterocycles. The summed E-state index contributed by atoms with van der Waals surface area (Å²) in [6.07, 6.45) is 6.94. The van der Waals surface area contributed by atoms with Gasteiger partial charge in [-0.25, -0.2) is 0 Å². The highest BCUT2D eigenvalue weighted by Gasteiger charge is 2.55. The summed E-state index contributed by atoms with van der Waals surface area (Å²) < 4.78 is 23.7. The number of aliphatic hydroxyl groups excluding tert-OH is 2. The van der Waals surface area contributed by atoms with Crippen molar-refractivity contribution in [3.63, 3.8) is 0 Å². The number of benzene rings is 2. The third kappa shape index (κ3) is 5.29. The maximum atomic E-state index is 14.8. The van der Waals surface area contributed by atoms with Crippen molar-refractivity contribution in [1.82, 2.24) is 10.2 Å². The SMILES string of the molecule is COc1cc(C=O)cc2c1OC1C2C(C(=O)NCCO)=CC(N(CC23CC4CC(CC(C4)C2)C3)C(=O)c2cc3cccc(OC)c3o2)C1O. The summed E-state index contributed by atoms with van der Waals surface area (Å²) in [4.78, 5) is 42.3. The van der Waals surface area contributed by atoms with Crippen LogP contribution in [0.1, 0.15) is 70.9 Å². The van der Waals surface area contributed by atoms with Gasteiger partial charge in [-0.1, -0.05) is 12.1 Å². The molecule has 258 valence electrons. The third-order valence-corrected chi connectivity index (χ3v) is 11.6. The second kappa shape index (κ2) is 12.2. The predicted octanol–water partition coefficient (Wildman–Crippen LogP) is 4.24. The fraction of sp³-hybridized carbons (Fsp3) is 0.500. The monoisotopic (exact) mass is 670 g/mol. The van der Waals surface area contributed by atoms with E-state index in [-0.39, 0.29) is 35.8 Å². The molecule has 4 saturated carbocycles. The van der Waals surface area contributed by atoms with Gasteiger partial charge in [0.25, 0.3) is 5.91 Å². The van der Waals surface area contributed by atoms with Crippen molar-refractivity contribution in [3.05, 3.63) is 64.9 Å². The Balaban J connectivity index is 1.25. The summed E-state index contributed by atoms with van der Waals surface area (Å²) in [5.41, 5.74) is 1.51. The Hall–Kier alpha value is -4.35. The highest BCUT2D eigenvalue weighted by molar-refractivity contribution is 5.99. The van der Waals surface area contributed by atoms with Gasteiger partial charge in [0.05, 0.1) is 32.8 Å². The molecule has 49 heavy (non-hydrogen) atoms. The maximum Gasteiger partial charge on any atom is 0.290 e. The van der Waals surface area contributed by atoms with Gasteiger partial charge in [-0.3, -0.25) is 14.4 Å². The first-order valence-electron chi connectivity index (χ1n) is 17.2. The number of methoxy groups -OCH3 is 2. The first-order chi connectivity index (χ1) is 23.7. The Bertz CT molecular complexity index is 1810. The molecule has 2 heterocycles. The van der Waals surface area contributed by atoms with E-state index in [1.807, 2.05) is 12.1 Å². The number of aliphatic hydroxyl groups is 2. The van der Waals surface area contributed by atoms with E-state index in [1.54, 1.807) is 42.4 Å². The highest BCUT2D eigenvalue weighted by atomic mass is 16.5. The maximum absolute atomic E-state index is 14.8. The third-order valence-electron chi connectivity index (χ3n) is 11.6. The fourth-order valence-corrected chi connectivity index (χ4v) is 10.2. The van der Waals surface area contributed by atoms with Gasteiger partial charge in [-0.2, -0.15) is 0 Å². The summed E-state index contributed by atoms with van der Waals surface area (Å²) in [5.74, 6) is 1.56. The van der Waals surface area contributed by atoms with Crippen LogP contribution in [0.3, 0.4) is 0 Å². The number of carbonyl (C=O) groups is 3. The molecular weight excluding hydrogens is 628 g/mol. The van der Waals surface area contributed by atoms with Crippen LogP contribution in [-0.4, -0.2) is 85.4 Å². The molecule has 0 spiro atoms. The molecule has 1 aromatic heterocycles. The molecule has 3 aromatic rings. The van der Waals surface area contributed by atoms with Crippen molar-refractivity contribution in [2.24, 2.45) is 23.2 Å². The average Bonchev–Trinajstić information content (AvgIpc) is 3.71. The van der Waals surface area contributed by atoms with Crippen molar-refractivity contribution >= 4 is 29.1 Å². The second-order valence-electron chi connectivity index (χ2n) is 14.7. The van der Waals surface area contributed by atoms with Gasteiger partial charge in [0.2, 0.25) is 5.91 Å². The van der Waals surface area contributed by atoms with Crippen molar-refractivity contribution in [1.29, 1.82) is 0 Å². The summed E-state index contributed by atoms with van der Waals surface area (Å²) in [5, 5.41) is 25.3. The number of ether oxygens (including phenoxy) is 3. The van der Waals surface area contributed by atoms with Crippen molar-refractivity contribution < 1.29 is 43.2 Å². The van der Waals surface area contributed by atoms with E-state index in [1.165, 1.54) is 26.4 Å². The first-order valence-corrected chi connectivity index (χ1v) is 17.2. The highest BCUT2D eigenvalue weighted by Crippen LogP contribution is 2.61. The Kier molecular flexibility index (Phi) is 7.94. The van der Waals surface area contributed by atoms with Crippen LogP contribution in [0.5, 0.6) is 17.2 Å². The molecule has 11 heteroatoms. The van der Waals surface area contributed by atoms with Crippen LogP contribution in [0.25, 0.3) is 11.0 Å². The van der Waals surface area contributed by atoms with E-state index in [4.69, 9.17) is 18.6 Å². The lowest BCUT2D eigenvalue weighted by Gasteiger charge is -2.58. The molecule has 4 unspecified atom stereocenters. The van der Waals surface area contributed by atoms with E-state index in [0.29, 0.717) is 69.9 Å². The van der Waals surface area contributed by atoms with Crippen molar-refractivity contribution in [2.75, 3.05) is 33.9 Å². The number of furan rings is 1. The van der Waals surface area contributed by atoms with Gasteiger partial charge >= 0.3 is 0 Å². The minimum absolute atomic E-state index is 0.0168. The van der Waals surface area contributed by atoms with Crippen molar-refractivity contribution in [3.8, 4) is 17.2 Å². The van der Waals surface area contributed by atoms with Crippen LogP contribution >= 0.6 is 0 Å². The molecule has 4 bridgehead atoms. The van der Waals surface area contributed by atoms with Crippen LogP contribution in [0, 0.1) is 23.2 Å². The minimum Gasteiger partial charge on any atom is -0.493 e. The Morgan fingerprint density at radius 2 is 1.76 bits per heavy atom. The second-order valence-corrected chi connectivity index (χ2v) is 14.7. The van der Waals surface area contributed by atoms with E-state index in [0.717, 1.165) is 19.3 Å². The van der Waals surface area contributed by atoms with E-state index in [2.05, 4.69) is 5.32 Å². The molecule has 5 aliphatic carbocycles. The van der Waals surface area contributed by atoms with Crippen LogP contribution in [0.15, 0.2) is 52.5 Å². The predicted molar refractivity (Wildman–Crippen MR) is 178 cm³/mol. The van der Waals surface area contributed by atoms with Gasteiger partial charge < -0.3 is 39.1 Å². The first kappa shape index (κ1) is 31.9. The smallest absolute Gasteiger partial charge is 0.290 e. The number of nitrogens with zero attached hydrogens (tertiary/aromatic N) is 1. The Labute approximate surface area is 284 Å². The number of rotatable bonds is 10. The molecule has 4 atom stereocenters. The minimum atomic E-state index is -1.24. The zero-order valence-electron chi connectivity index (χ0n) is 27.7. The van der Waals surface area contributed by atoms with E-state index < -0.39 is 30.1 Å². The normalized spacial score (nSPS) is 30.6. The summed E-state index contributed by atoms with van der Waals surface area (Å²) in [6, 6.07) is 9.43. The average molecular weight is 671 g/mol. The fourth-order valence-electron chi connectivity index (χ4n) is 10.2. The standard InChI is InChI=1S/C38H42N2O9/c1-46-28-5-3-4-24-13-30(48-33(24)28)37(45)40(19-38-15-20-8-21(16-38)10-22(9-20)17-38)27-14-26(36(44)39-6-7-41)31-25-11-23(18-42)12-29(47-2)34(25)49-35(31)32(27)43/h3-5,11-14,18,20-22,27,31-32,35,41,43H,6-10,15-17,19H2,1-2H3,(H,39,44). The topological polar surface area (TPSA) is 148 Å². The number of fused-ring (bicyclic) bond motifs is 4. The quantitative estimate of drug-likeness (QED) is 0.270. The van der Waals surface area contributed by atoms with Gasteiger partial charge in [0, 0.05) is 35.2 Å². The lowest BCUT2D eigenvalue weighted by atomic mass is 9.49. The molecule has 6 aliphatic rings. The van der Waals surface area contributed by atoms with Gasteiger partial charge in [-0.15, -0.1) is 0 Å². The van der Waals surface area contributed by atoms with Crippen LogP contribution in [0.2, 0.25) is 0 Å². The number of nitrogens with one attached hydrogen (secondary N) is 1. The molecule has 9 rings (SSSR count). The molecule has 4 fully saturated rings. The molecule has 2 aromatic carbocycles. The van der Waals surface area contributed by atoms with Gasteiger partial charge in [-0.05, 0) is 92.0 Å². The van der Waals surface area contributed by atoms with Gasteiger partial charge in [0.15, 0.2) is 28.6 Å². The Morgan fingerprint density at radius 1 is 1.04 bits per heavy atom. The lowest BCUT2D eigenvalue weighted by molar-refractivity contribution is -0.119. The van der Waals surface area contributed by atoms with Crippen molar-refractivity contribution in [2.45, 2.75) is 62.7 Å². The number of aldehydes is 1. The molecule has 0 radical (unpaired) electrons. The van der Waals surface area contributed by atoms with E-state index in [9.17, 15) is 24.6 Å². The van der Waals surface area contributed by atoms with Crippen LogP contribution in [-0.2, 0) is 4.79 Å². The molecule has 2 amide bonds. The summed E-state index contributed by atoms with van der Waals surface area (Å²) in [6.45, 7) is 0.153. The largest absolute Gasteiger partial charge is 0.493 e. The molecule has 1 aliphatic heterocycles. The molecule has 3 N–H and O–H groups in total. The number of hydrogen-bond acceptors (Lipinski definition) is 9. The zero-order chi connectivity index (χ0) is 34.0. The zero-order valence-corrected chi connectivity index (χ0v) is 27.7. The summed E-state index contributed by atoms with van der Waals surface area (Å²) >= 11 is 0. The summed E-state index contributed by atoms with van der Waals surface area (Å²) in [7, 11) is 3.02. The van der Waals surface area contributed by atoms with Crippen LogP contribution < -0.4 is 19.5 Å². The number of carbonyl (C=O) groups excluding carboxylic acids is 3. The van der Waals surface area contributed by atoms with Gasteiger partial charge in [0.1, 0.15) is 18.5 Å². The number of amides is 2. The van der Waals surface area contributed by atoms with Crippen LogP contribution in [0.4, 0.5) is 0 Å². The molecule has 11 nitrogen and oxygen atoms in total. The van der Waals surface area contributed by atoms with E-state index >= 15 is 0 Å².